The summed E-state index contributed by atoms with van der Waals surface area (Å²) in [5.41, 5.74) is 2.32. The minimum Gasteiger partial charge on any atom is -0.508 e. The first-order chi connectivity index (χ1) is 9.11. The smallest absolute Gasteiger partial charge is 0.139 e. The van der Waals surface area contributed by atoms with Crippen molar-refractivity contribution in [3.63, 3.8) is 0 Å². The van der Waals surface area contributed by atoms with Gasteiger partial charge >= 0.3 is 0 Å². The summed E-state index contributed by atoms with van der Waals surface area (Å²) in [6.07, 6.45) is 0.558. The summed E-state index contributed by atoms with van der Waals surface area (Å²) in [6.45, 7) is 0. The van der Waals surface area contributed by atoms with Gasteiger partial charge in [-0.3, -0.25) is 0 Å². The van der Waals surface area contributed by atoms with Crippen LogP contribution in [0.25, 0.3) is 11.0 Å². The fourth-order valence-corrected chi connectivity index (χ4v) is 2.33. The topological polar surface area (TPSA) is 48.9 Å². The fraction of sp³-hybridized carbons (Fsp3) is 0.0714. The Balaban J connectivity index is 1.97. The molecular weight excluding hydrogens is 311 g/mol. The predicted octanol–water partition coefficient (Wildman–Crippen LogP) is 3.76. The number of hydrogen-bond donors (Lipinski definition) is 2. The maximum atomic E-state index is 13.4. The van der Waals surface area contributed by atoms with Crippen molar-refractivity contribution in [3.8, 4) is 5.75 Å². The molecule has 1 heterocycles. The molecule has 0 saturated carbocycles. The molecule has 0 aliphatic heterocycles. The van der Waals surface area contributed by atoms with E-state index in [9.17, 15) is 9.50 Å². The van der Waals surface area contributed by atoms with Gasteiger partial charge in [0.05, 0.1) is 15.5 Å². The summed E-state index contributed by atoms with van der Waals surface area (Å²) in [4.78, 5) is 7.48. The highest BCUT2D eigenvalue weighted by atomic mass is 79.9. The Hall–Kier alpha value is -1.88. The largest absolute Gasteiger partial charge is 0.508 e. The van der Waals surface area contributed by atoms with Gasteiger partial charge in [0.1, 0.15) is 17.4 Å². The average Bonchev–Trinajstić information content (AvgIpc) is 2.71. The van der Waals surface area contributed by atoms with Gasteiger partial charge in [-0.1, -0.05) is 12.1 Å². The number of fused-ring (bicyclic) bond motifs is 1. The molecule has 96 valence electrons. The van der Waals surface area contributed by atoms with Crippen LogP contribution in [-0.4, -0.2) is 15.1 Å². The fourth-order valence-electron chi connectivity index (χ4n) is 2.00. The number of halogens is 2. The summed E-state index contributed by atoms with van der Waals surface area (Å²) in [5, 5.41) is 9.42. The number of nitrogens with one attached hydrogen (secondary N) is 1. The highest BCUT2D eigenvalue weighted by Crippen LogP contribution is 2.22. The Bertz CT molecular complexity index is 715. The van der Waals surface area contributed by atoms with Crippen molar-refractivity contribution in [1.29, 1.82) is 0 Å². The van der Waals surface area contributed by atoms with E-state index in [1.807, 2.05) is 6.07 Å². The lowest BCUT2D eigenvalue weighted by atomic mass is 10.1. The van der Waals surface area contributed by atoms with Gasteiger partial charge in [0.25, 0.3) is 0 Å². The van der Waals surface area contributed by atoms with Gasteiger partial charge in [0.15, 0.2) is 0 Å². The maximum absolute atomic E-state index is 13.4. The molecule has 2 aromatic carbocycles. The molecule has 3 nitrogen and oxygen atoms in total. The number of benzene rings is 2. The third-order valence-corrected chi connectivity index (χ3v) is 3.46. The Kier molecular flexibility index (Phi) is 2.98. The van der Waals surface area contributed by atoms with E-state index in [1.165, 1.54) is 6.07 Å². The molecular formula is C14H10BrFN2O. The Labute approximate surface area is 117 Å². The van der Waals surface area contributed by atoms with Gasteiger partial charge in [-0.25, -0.2) is 9.37 Å². The van der Waals surface area contributed by atoms with E-state index in [4.69, 9.17) is 0 Å². The number of phenolic OH excluding ortho intramolecular Hbond substituents is 1. The Morgan fingerprint density at radius 3 is 2.89 bits per heavy atom. The van der Waals surface area contributed by atoms with Gasteiger partial charge in [-0.05, 0) is 39.7 Å². The van der Waals surface area contributed by atoms with Crippen molar-refractivity contribution in [2.75, 3.05) is 0 Å². The number of imidazole rings is 1. The van der Waals surface area contributed by atoms with Crippen molar-refractivity contribution in [3.05, 3.63) is 58.1 Å². The molecule has 19 heavy (non-hydrogen) atoms. The quantitative estimate of drug-likeness (QED) is 0.755. The Morgan fingerprint density at radius 1 is 1.26 bits per heavy atom. The molecule has 0 amide bonds. The van der Waals surface area contributed by atoms with Crippen molar-refractivity contribution in [2.45, 2.75) is 6.42 Å². The van der Waals surface area contributed by atoms with E-state index in [0.29, 0.717) is 21.9 Å². The highest BCUT2D eigenvalue weighted by molar-refractivity contribution is 9.10. The van der Waals surface area contributed by atoms with Crippen LogP contribution in [0.4, 0.5) is 4.39 Å². The molecule has 5 heteroatoms. The number of hydrogen-bond acceptors (Lipinski definition) is 2. The molecule has 0 fully saturated rings. The van der Waals surface area contributed by atoms with Gasteiger partial charge in [-0.15, -0.1) is 0 Å². The van der Waals surface area contributed by atoms with E-state index >= 15 is 0 Å². The normalized spacial score (nSPS) is 11.1. The van der Waals surface area contributed by atoms with Crippen LogP contribution in [0.5, 0.6) is 5.75 Å². The minimum absolute atomic E-state index is 0.224. The summed E-state index contributed by atoms with van der Waals surface area (Å²) in [7, 11) is 0. The highest BCUT2D eigenvalue weighted by Gasteiger charge is 2.08. The van der Waals surface area contributed by atoms with Crippen LogP contribution in [0, 0.1) is 5.82 Å². The second-order valence-electron chi connectivity index (χ2n) is 4.31. The van der Waals surface area contributed by atoms with E-state index < -0.39 is 0 Å². The number of rotatable bonds is 2. The average molecular weight is 321 g/mol. The van der Waals surface area contributed by atoms with Crippen LogP contribution in [-0.2, 0) is 6.42 Å². The van der Waals surface area contributed by atoms with Crippen molar-refractivity contribution >= 4 is 27.0 Å². The maximum Gasteiger partial charge on any atom is 0.139 e. The monoisotopic (exact) mass is 320 g/mol. The molecule has 0 atom stereocenters. The van der Waals surface area contributed by atoms with Crippen molar-refractivity contribution in [2.24, 2.45) is 0 Å². The number of aromatic nitrogens is 2. The van der Waals surface area contributed by atoms with E-state index in [-0.39, 0.29) is 11.6 Å². The first-order valence-electron chi connectivity index (χ1n) is 5.73. The number of nitrogens with zero attached hydrogens (tertiary/aromatic N) is 1. The molecule has 1 aromatic heterocycles. The lowest BCUT2D eigenvalue weighted by Gasteiger charge is -1.98. The molecule has 0 radical (unpaired) electrons. The number of H-pyrrole nitrogens is 1. The molecule has 0 spiro atoms. The van der Waals surface area contributed by atoms with Gasteiger partial charge in [-0.2, -0.15) is 0 Å². The number of aromatic hydroxyl groups is 1. The molecule has 2 N–H and O–H groups in total. The molecule has 0 unspecified atom stereocenters. The molecule has 3 rings (SSSR count). The standard InChI is InChI=1S/C14H10BrFN2O/c15-10-6-12-13(7-11(10)16)18-14(17-12)5-8-2-1-3-9(19)4-8/h1-4,6-7,19H,5H2,(H,17,18). The molecule has 0 saturated heterocycles. The second kappa shape index (κ2) is 4.66. The van der Waals surface area contributed by atoms with Gasteiger partial charge < -0.3 is 10.1 Å². The van der Waals surface area contributed by atoms with Crippen LogP contribution < -0.4 is 0 Å². The number of phenols is 1. The SMILES string of the molecule is Oc1cccc(Cc2nc3cc(Br)c(F)cc3[nH]2)c1. The molecule has 0 aliphatic carbocycles. The lowest BCUT2D eigenvalue weighted by molar-refractivity contribution is 0.474. The van der Waals surface area contributed by atoms with Crippen LogP contribution >= 0.6 is 15.9 Å². The molecule has 0 bridgehead atoms. The molecule has 0 aliphatic rings. The van der Waals surface area contributed by atoms with Gasteiger partial charge in [0.2, 0.25) is 0 Å². The predicted molar refractivity (Wildman–Crippen MR) is 74.7 cm³/mol. The van der Waals surface area contributed by atoms with Crippen LogP contribution in [0.1, 0.15) is 11.4 Å². The second-order valence-corrected chi connectivity index (χ2v) is 5.17. The summed E-state index contributed by atoms with van der Waals surface area (Å²) in [6, 6.07) is 10.1. The Morgan fingerprint density at radius 2 is 2.11 bits per heavy atom. The van der Waals surface area contributed by atoms with Gasteiger partial charge in [0, 0.05) is 12.5 Å². The van der Waals surface area contributed by atoms with E-state index in [0.717, 1.165) is 11.4 Å². The third-order valence-electron chi connectivity index (χ3n) is 2.86. The first-order valence-corrected chi connectivity index (χ1v) is 6.52. The molecule has 3 aromatic rings. The third kappa shape index (κ3) is 2.46. The summed E-state index contributed by atoms with van der Waals surface area (Å²) < 4.78 is 13.8. The summed E-state index contributed by atoms with van der Waals surface area (Å²) in [5.74, 6) is 0.639. The number of aromatic amines is 1. The van der Waals surface area contributed by atoms with E-state index in [2.05, 4.69) is 25.9 Å². The van der Waals surface area contributed by atoms with Crippen molar-refractivity contribution < 1.29 is 9.50 Å². The minimum atomic E-state index is -0.319. The van der Waals surface area contributed by atoms with Crippen LogP contribution in [0.3, 0.4) is 0 Å². The zero-order valence-electron chi connectivity index (χ0n) is 9.82. The zero-order valence-corrected chi connectivity index (χ0v) is 11.4. The van der Waals surface area contributed by atoms with E-state index in [1.54, 1.807) is 24.3 Å². The lowest BCUT2D eigenvalue weighted by Crippen LogP contribution is -1.89. The van der Waals surface area contributed by atoms with Crippen LogP contribution in [0.15, 0.2) is 40.9 Å². The zero-order chi connectivity index (χ0) is 13.4. The summed E-state index contributed by atoms with van der Waals surface area (Å²) >= 11 is 3.14. The van der Waals surface area contributed by atoms with Crippen LogP contribution in [0.2, 0.25) is 0 Å². The van der Waals surface area contributed by atoms with Crippen molar-refractivity contribution in [1.82, 2.24) is 9.97 Å². The first kappa shape index (κ1) is 12.2.